The van der Waals surface area contributed by atoms with Gasteiger partial charge in [-0.3, -0.25) is 9.69 Å². The summed E-state index contributed by atoms with van der Waals surface area (Å²) in [5, 5.41) is 17.6. The molecule has 0 bridgehead atoms. The maximum absolute atomic E-state index is 10.7. The Morgan fingerprint density at radius 3 is 3.00 bits per heavy atom. The summed E-state index contributed by atoms with van der Waals surface area (Å²) in [5.41, 5.74) is 0. The Morgan fingerprint density at radius 1 is 1.77 bits per heavy atom. The van der Waals surface area contributed by atoms with Gasteiger partial charge in [-0.15, -0.1) is 11.8 Å². The summed E-state index contributed by atoms with van der Waals surface area (Å²) in [6, 6.07) is 0. The first-order chi connectivity index (χ1) is 6.09. The maximum atomic E-state index is 10.7. The Hall–Kier alpha value is -0.260. The van der Waals surface area contributed by atoms with Gasteiger partial charge < -0.3 is 10.2 Å². The van der Waals surface area contributed by atoms with Gasteiger partial charge in [0.05, 0.1) is 6.10 Å². The molecular formula is C8H15NO3S. The molecule has 13 heavy (non-hydrogen) atoms. The van der Waals surface area contributed by atoms with Crippen molar-refractivity contribution in [2.24, 2.45) is 0 Å². The van der Waals surface area contributed by atoms with Crippen LogP contribution in [-0.4, -0.2) is 57.8 Å². The summed E-state index contributed by atoms with van der Waals surface area (Å²) in [6.45, 7) is 3.71. The monoisotopic (exact) mass is 205 g/mol. The summed E-state index contributed by atoms with van der Waals surface area (Å²) in [6.07, 6.45) is -0.377. The molecule has 2 atom stereocenters. The average molecular weight is 205 g/mol. The zero-order valence-electron chi connectivity index (χ0n) is 7.64. The van der Waals surface area contributed by atoms with Gasteiger partial charge in [-0.25, -0.2) is 0 Å². The SMILES string of the molecule is CC(O)CN1CCSC(C(=O)O)C1. The van der Waals surface area contributed by atoms with E-state index in [4.69, 9.17) is 10.2 Å². The minimum Gasteiger partial charge on any atom is -0.480 e. The molecule has 5 heteroatoms. The number of carboxylic acids is 1. The van der Waals surface area contributed by atoms with Crippen LogP contribution in [0.25, 0.3) is 0 Å². The van der Waals surface area contributed by atoms with E-state index in [1.54, 1.807) is 6.92 Å². The van der Waals surface area contributed by atoms with Crippen molar-refractivity contribution >= 4 is 17.7 Å². The van der Waals surface area contributed by atoms with Crippen molar-refractivity contribution in [2.75, 3.05) is 25.4 Å². The Balaban J connectivity index is 2.37. The Labute approximate surface area is 81.9 Å². The molecule has 1 heterocycles. The number of β-amino-alcohol motifs (C(OH)–C–C–N with tert-alkyl or cyclic N) is 1. The minimum absolute atomic E-state index is 0.326. The standard InChI is InChI=1S/C8H15NO3S/c1-6(10)4-9-2-3-13-7(5-9)8(11)12/h6-7,10H,2-5H2,1H3,(H,11,12). The second-order valence-electron chi connectivity index (χ2n) is 3.31. The zero-order chi connectivity index (χ0) is 9.84. The fraction of sp³-hybridized carbons (Fsp3) is 0.875. The first-order valence-electron chi connectivity index (χ1n) is 4.34. The quantitative estimate of drug-likeness (QED) is 0.672. The highest BCUT2D eigenvalue weighted by Gasteiger charge is 2.26. The number of aliphatic carboxylic acids is 1. The molecule has 76 valence electrons. The number of rotatable bonds is 3. The summed E-state index contributed by atoms with van der Waals surface area (Å²) in [4.78, 5) is 12.7. The van der Waals surface area contributed by atoms with Crippen LogP contribution >= 0.6 is 11.8 Å². The highest BCUT2D eigenvalue weighted by Crippen LogP contribution is 2.18. The molecule has 1 fully saturated rings. The van der Waals surface area contributed by atoms with Crippen LogP contribution in [0.1, 0.15) is 6.92 Å². The van der Waals surface area contributed by atoms with E-state index < -0.39 is 5.97 Å². The number of carbonyl (C=O) groups is 1. The Bertz CT molecular complexity index is 186. The molecule has 2 unspecified atom stereocenters. The zero-order valence-corrected chi connectivity index (χ0v) is 8.46. The van der Waals surface area contributed by atoms with E-state index in [0.29, 0.717) is 13.1 Å². The molecule has 0 amide bonds. The minimum atomic E-state index is -0.750. The molecule has 1 aliphatic rings. The van der Waals surface area contributed by atoms with Crippen molar-refractivity contribution in [3.05, 3.63) is 0 Å². The smallest absolute Gasteiger partial charge is 0.317 e. The van der Waals surface area contributed by atoms with Crippen molar-refractivity contribution in [3.8, 4) is 0 Å². The molecule has 0 spiro atoms. The van der Waals surface area contributed by atoms with E-state index in [2.05, 4.69) is 0 Å². The van der Waals surface area contributed by atoms with Gasteiger partial charge in [-0.05, 0) is 6.92 Å². The van der Waals surface area contributed by atoms with E-state index >= 15 is 0 Å². The third-order valence-electron chi connectivity index (χ3n) is 1.95. The lowest BCUT2D eigenvalue weighted by molar-refractivity contribution is -0.136. The van der Waals surface area contributed by atoms with Gasteiger partial charge in [-0.2, -0.15) is 0 Å². The normalized spacial score (nSPS) is 27.1. The van der Waals surface area contributed by atoms with Gasteiger partial charge in [0.25, 0.3) is 0 Å². The molecule has 4 nitrogen and oxygen atoms in total. The van der Waals surface area contributed by atoms with Gasteiger partial charge in [-0.1, -0.05) is 0 Å². The van der Waals surface area contributed by atoms with E-state index in [1.165, 1.54) is 11.8 Å². The lowest BCUT2D eigenvalue weighted by Gasteiger charge is -2.30. The molecule has 0 saturated carbocycles. The second kappa shape index (κ2) is 4.83. The molecule has 0 aromatic carbocycles. The average Bonchev–Trinajstić information content (AvgIpc) is 2.03. The van der Waals surface area contributed by atoms with Crippen LogP contribution < -0.4 is 0 Å². The van der Waals surface area contributed by atoms with Gasteiger partial charge in [0.1, 0.15) is 5.25 Å². The summed E-state index contributed by atoms with van der Waals surface area (Å²) < 4.78 is 0. The lowest BCUT2D eigenvalue weighted by atomic mass is 10.3. The third kappa shape index (κ3) is 3.54. The van der Waals surface area contributed by atoms with Crippen LogP contribution in [0.15, 0.2) is 0 Å². The van der Waals surface area contributed by atoms with E-state index in [-0.39, 0.29) is 11.4 Å². The fourth-order valence-corrected chi connectivity index (χ4v) is 2.50. The first kappa shape index (κ1) is 10.8. The maximum Gasteiger partial charge on any atom is 0.317 e. The van der Waals surface area contributed by atoms with Crippen LogP contribution in [0.2, 0.25) is 0 Å². The largest absolute Gasteiger partial charge is 0.480 e. The van der Waals surface area contributed by atoms with Crippen molar-refractivity contribution in [1.82, 2.24) is 4.90 Å². The van der Waals surface area contributed by atoms with Crippen molar-refractivity contribution in [2.45, 2.75) is 18.3 Å². The molecule has 0 aromatic rings. The van der Waals surface area contributed by atoms with Crippen LogP contribution in [0, 0.1) is 0 Å². The third-order valence-corrected chi connectivity index (χ3v) is 3.12. The number of hydrogen-bond acceptors (Lipinski definition) is 4. The summed E-state index contributed by atoms with van der Waals surface area (Å²) in [5.74, 6) is 0.0873. The number of hydrogen-bond donors (Lipinski definition) is 2. The molecule has 0 aromatic heterocycles. The van der Waals surface area contributed by atoms with Crippen LogP contribution in [0.5, 0.6) is 0 Å². The highest BCUT2D eigenvalue weighted by atomic mass is 32.2. The number of thioether (sulfide) groups is 1. The summed E-state index contributed by atoms with van der Waals surface area (Å²) >= 11 is 1.48. The van der Waals surface area contributed by atoms with Crippen molar-refractivity contribution < 1.29 is 15.0 Å². The highest BCUT2D eigenvalue weighted by molar-refractivity contribution is 8.00. The topological polar surface area (TPSA) is 60.8 Å². The Morgan fingerprint density at radius 2 is 2.46 bits per heavy atom. The fourth-order valence-electron chi connectivity index (χ4n) is 1.39. The predicted molar refractivity (Wildman–Crippen MR) is 52.0 cm³/mol. The number of nitrogens with zero attached hydrogens (tertiary/aromatic N) is 1. The summed E-state index contributed by atoms with van der Waals surface area (Å²) in [7, 11) is 0. The van der Waals surface area contributed by atoms with E-state index in [9.17, 15) is 4.79 Å². The molecular weight excluding hydrogens is 190 g/mol. The van der Waals surface area contributed by atoms with Gasteiger partial charge in [0.2, 0.25) is 0 Å². The van der Waals surface area contributed by atoms with Gasteiger partial charge in [0.15, 0.2) is 0 Å². The van der Waals surface area contributed by atoms with Gasteiger partial charge in [0, 0.05) is 25.4 Å². The van der Waals surface area contributed by atoms with E-state index in [1.807, 2.05) is 4.90 Å². The molecule has 0 radical (unpaired) electrons. The predicted octanol–water partition coefficient (Wildman–Crippen LogP) is -0.131. The number of carboxylic acid groups (broad SMARTS) is 1. The van der Waals surface area contributed by atoms with E-state index in [0.717, 1.165) is 12.3 Å². The molecule has 1 saturated heterocycles. The molecule has 0 aliphatic carbocycles. The lowest BCUT2D eigenvalue weighted by Crippen LogP contribution is -2.44. The Kier molecular flexibility index (Phi) is 4.02. The molecule has 1 aliphatic heterocycles. The second-order valence-corrected chi connectivity index (χ2v) is 4.62. The molecule has 2 N–H and O–H groups in total. The van der Waals surface area contributed by atoms with Gasteiger partial charge >= 0.3 is 5.97 Å². The van der Waals surface area contributed by atoms with Crippen molar-refractivity contribution in [1.29, 1.82) is 0 Å². The number of aliphatic hydroxyl groups is 1. The number of aliphatic hydroxyl groups excluding tert-OH is 1. The first-order valence-corrected chi connectivity index (χ1v) is 5.39. The van der Waals surface area contributed by atoms with Crippen LogP contribution in [0.4, 0.5) is 0 Å². The molecule has 1 rings (SSSR count). The van der Waals surface area contributed by atoms with Crippen LogP contribution in [-0.2, 0) is 4.79 Å². The van der Waals surface area contributed by atoms with Crippen molar-refractivity contribution in [3.63, 3.8) is 0 Å². The van der Waals surface area contributed by atoms with Crippen LogP contribution in [0.3, 0.4) is 0 Å².